The van der Waals surface area contributed by atoms with Gasteiger partial charge in [0.15, 0.2) is 5.96 Å². The monoisotopic (exact) mass is 491 g/mol. The number of hydrogen-bond donors (Lipinski definition) is 7. The average molecular weight is 491 g/mol. The molecule has 35 heavy (non-hydrogen) atoms. The fourth-order valence-electron chi connectivity index (χ4n) is 2.79. The molecule has 0 bridgehead atoms. The van der Waals surface area contributed by atoms with Crippen molar-refractivity contribution in [3.63, 3.8) is 0 Å². The Kier molecular flexibility index (Phi) is 9.39. The molecule has 0 fully saturated rings. The Bertz CT molecular complexity index is 1150. The van der Waals surface area contributed by atoms with E-state index in [0.717, 1.165) is 0 Å². The Hall–Kier alpha value is -4.82. The van der Waals surface area contributed by atoms with E-state index in [-0.39, 0.29) is 25.1 Å². The molecule has 1 aromatic heterocycles. The molecule has 3 amide bonds. The topological polar surface area (TPSA) is 244 Å². The van der Waals surface area contributed by atoms with Gasteiger partial charge in [0.2, 0.25) is 17.7 Å². The number of nitrogens with one attached hydrogen (secondary N) is 3. The van der Waals surface area contributed by atoms with Crippen molar-refractivity contribution in [3.8, 4) is 5.88 Å². The number of H-pyrrole nitrogens is 1. The van der Waals surface area contributed by atoms with Crippen molar-refractivity contribution >= 4 is 29.8 Å². The summed E-state index contributed by atoms with van der Waals surface area (Å²) in [6, 6.07) is 7.19. The molecular weight excluding hydrogens is 466 g/mol. The number of aliphatic carboxylic acids is 1. The van der Waals surface area contributed by atoms with Crippen LogP contribution in [0.1, 0.15) is 17.7 Å². The van der Waals surface area contributed by atoms with Gasteiger partial charge in [-0.15, -0.1) is 0 Å². The molecule has 2 rings (SSSR count). The van der Waals surface area contributed by atoms with Crippen molar-refractivity contribution in [3.05, 3.63) is 52.1 Å². The minimum atomic E-state index is -1.52. The van der Waals surface area contributed by atoms with E-state index in [1.807, 2.05) is 0 Å². The van der Waals surface area contributed by atoms with Gasteiger partial charge in [-0.25, -0.2) is 14.4 Å². The summed E-state index contributed by atoms with van der Waals surface area (Å²) in [7, 11) is 0. The minimum absolute atomic E-state index is 0.0202. The Morgan fingerprint density at radius 2 is 1.86 bits per heavy atom. The highest BCUT2D eigenvalue weighted by Crippen LogP contribution is 2.14. The van der Waals surface area contributed by atoms with Crippen molar-refractivity contribution < 1.29 is 34.1 Å². The molecule has 15 nitrogen and oxygen atoms in total. The number of ether oxygens (including phenoxy) is 1. The van der Waals surface area contributed by atoms with Gasteiger partial charge < -0.3 is 42.0 Å². The fourth-order valence-corrected chi connectivity index (χ4v) is 2.79. The van der Waals surface area contributed by atoms with Crippen LogP contribution in [0.15, 0.2) is 40.1 Å². The molecule has 0 aliphatic rings. The van der Waals surface area contributed by atoms with Crippen molar-refractivity contribution in [2.24, 2.45) is 16.5 Å². The lowest BCUT2D eigenvalue weighted by Crippen LogP contribution is -2.49. The molecule has 15 heteroatoms. The van der Waals surface area contributed by atoms with Gasteiger partial charge in [0.05, 0.1) is 5.69 Å². The van der Waals surface area contributed by atoms with Crippen LogP contribution in [-0.4, -0.2) is 62.2 Å². The molecule has 0 radical (unpaired) electrons. The summed E-state index contributed by atoms with van der Waals surface area (Å²) in [6.45, 7) is -1.26. The molecular formula is C20H25N7O8. The van der Waals surface area contributed by atoms with E-state index in [2.05, 4.69) is 20.6 Å². The van der Waals surface area contributed by atoms with Gasteiger partial charge in [0, 0.05) is 19.4 Å². The van der Waals surface area contributed by atoms with E-state index < -0.39 is 60.5 Å². The highest BCUT2D eigenvalue weighted by atomic mass is 16.5. The summed E-state index contributed by atoms with van der Waals surface area (Å²) in [5.41, 5.74) is 10.0. The number of aromatic amines is 1. The maximum absolute atomic E-state index is 12.2. The van der Waals surface area contributed by atoms with Crippen LogP contribution in [-0.2, 0) is 38.7 Å². The summed E-state index contributed by atoms with van der Waals surface area (Å²) < 4.78 is 5.64. The second-order valence-electron chi connectivity index (χ2n) is 7.15. The zero-order valence-corrected chi connectivity index (χ0v) is 18.4. The number of carbonyl (C=O) groups excluding carboxylic acids is 3. The molecule has 2 aromatic rings. The van der Waals surface area contributed by atoms with Crippen molar-refractivity contribution in [2.45, 2.75) is 32.0 Å². The van der Waals surface area contributed by atoms with Crippen molar-refractivity contribution in [1.29, 1.82) is 0 Å². The van der Waals surface area contributed by atoms with E-state index in [9.17, 15) is 34.2 Å². The number of rotatable bonds is 11. The van der Waals surface area contributed by atoms with Gasteiger partial charge in [-0.05, 0) is 5.56 Å². The predicted molar refractivity (Wildman–Crippen MR) is 120 cm³/mol. The van der Waals surface area contributed by atoms with Gasteiger partial charge in [-0.2, -0.15) is 4.99 Å². The number of alkyl carbamates (subject to hydrolysis) is 1. The molecule has 0 saturated carbocycles. The SMILES string of the molecule is NC(N)=NC(=O)CCc1[nH]c(=O)n(CC(=O)NC[C@H](NC(=O)OCc2ccccc2)C(=O)O)c1O. The zero-order chi connectivity index (χ0) is 26.0. The van der Waals surface area contributed by atoms with Crippen LogP contribution >= 0.6 is 0 Å². The maximum Gasteiger partial charge on any atom is 0.408 e. The van der Waals surface area contributed by atoms with E-state index in [0.29, 0.717) is 10.1 Å². The molecule has 0 saturated heterocycles. The van der Waals surface area contributed by atoms with Gasteiger partial charge in [-0.1, -0.05) is 30.3 Å². The minimum Gasteiger partial charge on any atom is -0.493 e. The Labute approximate surface area is 197 Å². The zero-order valence-electron chi connectivity index (χ0n) is 18.4. The number of carboxylic acid groups (broad SMARTS) is 1. The van der Waals surface area contributed by atoms with E-state index in [1.54, 1.807) is 30.3 Å². The van der Waals surface area contributed by atoms with Crippen LogP contribution in [0.25, 0.3) is 0 Å². The number of hydrogen-bond acceptors (Lipinski definition) is 7. The van der Waals surface area contributed by atoms with Crippen LogP contribution in [0.3, 0.4) is 0 Å². The first kappa shape index (κ1) is 26.4. The Morgan fingerprint density at radius 1 is 1.17 bits per heavy atom. The maximum atomic E-state index is 12.2. The first-order chi connectivity index (χ1) is 16.6. The summed E-state index contributed by atoms with van der Waals surface area (Å²) in [4.78, 5) is 64.7. The molecule has 0 spiro atoms. The van der Waals surface area contributed by atoms with Crippen LogP contribution in [0.5, 0.6) is 5.88 Å². The molecule has 1 atom stereocenters. The number of aryl methyl sites for hydroxylation is 1. The van der Waals surface area contributed by atoms with Crippen LogP contribution in [0, 0.1) is 0 Å². The number of aliphatic imine (C=N–C) groups is 1. The summed E-state index contributed by atoms with van der Waals surface area (Å²) in [5, 5.41) is 23.8. The number of aromatic hydroxyl groups is 1. The number of amides is 3. The number of guanidine groups is 1. The van der Waals surface area contributed by atoms with E-state index in [1.165, 1.54) is 0 Å². The smallest absolute Gasteiger partial charge is 0.408 e. The normalized spacial score (nSPS) is 11.2. The number of imidazole rings is 1. The molecule has 0 unspecified atom stereocenters. The Morgan fingerprint density at radius 3 is 2.49 bits per heavy atom. The van der Waals surface area contributed by atoms with Crippen molar-refractivity contribution in [2.75, 3.05) is 6.54 Å². The van der Waals surface area contributed by atoms with E-state index >= 15 is 0 Å². The summed E-state index contributed by atoms with van der Waals surface area (Å²) in [6.07, 6.45) is -1.33. The predicted octanol–water partition coefficient (Wildman–Crippen LogP) is -1.89. The molecule has 188 valence electrons. The first-order valence-electron chi connectivity index (χ1n) is 10.2. The number of aromatic nitrogens is 2. The highest BCUT2D eigenvalue weighted by Gasteiger charge is 2.22. The number of carbonyl (C=O) groups is 4. The quantitative estimate of drug-likeness (QED) is 0.136. The summed E-state index contributed by atoms with van der Waals surface area (Å²) in [5.74, 6) is -3.95. The molecule has 9 N–H and O–H groups in total. The van der Waals surface area contributed by atoms with E-state index in [4.69, 9.17) is 16.2 Å². The lowest BCUT2D eigenvalue weighted by molar-refractivity contribution is -0.139. The standard InChI is InChI=1S/C20H25N7O8/c21-18(22)26-14(28)7-6-12-16(30)27(19(33)24-12)9-15(29)23-8-13(17(31)32)25-20(34)35-10-11-4-2-1-3-5-11/h1-5,13,30H,6-10H2,(H,23,29)(H,24,33)(H,25,34)(H,31,32)(H4,21,22,26,28)/t13-/m0/s1. The van der Waals surface area contributed by atoms with Gasteiger partial charge in [-0.3, -0.25) is 14.2 Å². The summed E-state index contributed by atoms with van der Waals surface area (Å²) >= 11 is 0. The van der Waals surface area contributed by atoms with Crippen LogP contribution in [0.2, 0.25) is 0 Å². The highest BCUT2D eigenvalue weighted by molar-refractivity contribution is 5.91. The number of nitrogens with two attached hydrogens (primary N) is 2. The van der Waals surface area contributed by atoms with Gasteiger partial charge in [0.25, 0.3) is 0 Å². The molecule has 1 aromatic carbocycles. The molecule has 0 aliphatic heterocycles. The number of nitrogens with zero attached hydrogens (tertiary/aromatic N) is 2. The van der Waals surface area contributed by atoms with Gasteiger partial charge >= 0.3 is 17.8 Å². The second kappa shape index (κ2) is 12.4. The lowest BCUT2D eigenvalue weighted by Gasteiger charge is -2.15. The van der Waals surface area contributed by atoms with Crippen LogP contribution < -0.4 is 27.8 Å². The third-order valence-electron chi connectivity index (χ3n) is 4.48. The third kappa shape index (κ3) is 8.56. The molecule has 0 aliphatic carbocycles. The third-order valence-corrected chi connectivity index (χ3v) is 4.48. The second-order valence-corrected chi connectivity index (χ2v) is 7.15. The largest absolute Gasteiger partial charge is 0.493 e. The molecule has 1 heterocycles. The number of benzene rings is 1. The fraction of sp³-hybridized carbons (Fsp3) is 0.300. The van der Waals surface area contributed by atoms with Crippen LogP contribution in [0.4, 0.5) is 4.79 Å². The van der Waals surface area contributed by atoms with Gasteiger partial charge in [0.1, 0.15) is 19.2 Å². The number of carboxylic acids is 1. The van der Waals surface area contributed by atoms with Crippen molar-refractivity contribution in [1.82, 2.24) is 20.2 Å². The lowest BCUT2D eigenvalue weighted by atomic mass is 10.2. The average Bonchev–Trinajstić information content (AvgIpc) is 3.06. The Balaban J connectivity index is 1.88. The first-order valence-corrected chi connectivity index (χ1v) is 10.2.